The molecule has 1 aromatic rings. The Kier molecular flexibility index (Phi) is 5.26. The summed E-state index contributed by atoms with van der Waals surface area (Å²) in [4.78, 5) is 34.2. The highest BCUT2D eigenvalue weighted by Gasteiger charge is 2.26. The predicted molar refractivity (Wildman–Crippen MR) is 80.6 cm³/mol. The van der Waals surface area contributed by atoms with Gasteiger partial charge in [0.05, 0.1) is 0 Å². The van der Waals surface area contributed by atoms with Crippen molar-refractivity contribution in [2.24, 2.45) is 0 Å². The molecule has 2 rings (SSSR count). The molecule has 0 aliphatic heterocycles. The second-order valence-corrected chi connectivity index (χ2v) is 5.61. The highest BCUT2D eigenvalue weighted by atomic mass is 79.9. The highest BCUT2D eigenvalue weighted by molar-refractivity contribution is 9.10. The maximum Gasteiger partial charge on any atom is 0.327 e. The van der Waals surface area contributed by atoms with Gasteiger partial charge in [-0.05, 0) is 37.1 Å². The zero-order valence-corrected chi connectivity index (χ0v) is 12.9. The van der Waals surface area contributed by atoms with E-state index in [1.807, 2.05) is 10.9 Å². The van der Waals surface area contributed by atoms with Gasteiger partial charge < -0.3 is 5.32 Å². The third kappa shape index (κ3) is 4.96. The number of halogens is 2. The molecule has 0 heterocycles. The van der Waals surface area contributed by atoms with Crippen LogP contribution in [0.3, 0.4) is 0 Å². The van der Waals surface area contributed by atoms with Crippen molar-refractivity contribution in [2.75, 3.05) is 0 Å². The van der Waals surface area contributed by atoms with Gasteiger partial charge >= 0.3 is 11.8 Å². The minimum Gasteiger partial charge on any atom is -0.345 e. The number of rotatable bonds is 3. The van der Waals surface area contributed by atoms with Crippen molar-refractivity contribution in [1.82, 2.24) is 16.2 Å². The highest BCUT2D eigenvalue weighted by Crippen LogP contribution is 2.18. The van der Waals surface area contributed by atoms with Crippen LogP contribution in [0.5, 0.6) is 0 Å². The van der Waals surface area contributed by atoms with Gasteiger partial charge in [-0.3, -0.25) is 25.2 Å². The first kappa shape index (κ1) is 16.2. The first-order valence-electron chi connectivity index (χ1n) is 6.49. The molecular weight excluding hydrogens is 357 g/mol. The molecular formula is C14H13BrFN3O3. The molecule has 0 atom stereocenters. The number of hydrogen-bond acceptors (Lipinski definition) is 3. The summed E-state index contributed by atoms with van der Waals surface area (Å²) in [6, 6.07) is 4.34. The van der Waals surface area contributed by atoms with Gasteiger partial charge in [0.2, 0.25) is 0 Å². The predicted octanol–water partition coefficient (Wildman–Crippen LogP) is 1.03. The van der Waals surface area contributed by atoms with E-state index in [9.17, 15) is 18.8 Å². The van der Waals surface area contributed by atoms with Crippen LogP contribution in [-0.2, 0) is 14.4 Å². The van der Waals surface area contributed by atoms with Crippen molar-refractivity contribution in [3.05, 3.63) is 40.1 Å². The molecule has 0 spiro atoms. The van der Waals surface area contributed by atoms with Crippen molar-refractivity contribution >= 4 is 39.7 Å². The molecule has 0 aromatic heterocycles. The summed E-state index contributed by atoms with van der Waals surface area (Å²) in [5.74, 6) is -2.93. The van der Waals surface area contributed by atoms with Crippen LogP contribution in [0.2, 0.25) is 0 Å². The third-order valence-corrected chi connectivity index (χ3v) is 3.28. The summed E-state index contributed by atoms with van der Waals surface area (Å²) in [6.45, 7) is 0. The lowest BCUT2D eigenvalue weighted by Crippen LogP contribution is -2.48. The number of benzene rings is 1. The fourth-order valence-electron chi connectivity index (χ4n) is 1.50. The van der Waals surface area contributed by atoms with E-state index in [0.29, 0.717) is 4.47 Å². The van der Waals surface area contributed by atoms with Gasteiger partial charge in [0.15, 0.2) is 0 Å². The Balaban J connectivity index is 1.81. The fourth-order valence-corrected chi connectivity index (χ4v) is 1.88. The Hall–Kier alpha value is -2.22. The summed E-state index contributed by atoms with van der Waals surface area (Å²) in [6.07, 6.45) is 4.01. The second-order valence-electron chi connectivity index (χ2n) is 4.69. The molecule has 0 radical (unpaired) electrons. The van der Waals surface area contributed by atoms with Crippen LogP contribution in [0.25, 0.3) is 6.08 Å². The molecule has 1 aliphatic rings. The van der Waals surface area contributed by atoms with Crippen LogP contribution >= 0.6 is 15.9 Å². The molecule has 8 heteroatoms. The largest absolute Gasteiger partial charge is 0.345 e. The molecule has 0 bridgehead atoms. The van der Waals surface area contributed by atoms with Gasteiger partial charge in [-0.2, -0.15) is 0 Å². The van der Waals surface area contributed by atoms with Crippen molar-refractivity contribution in [3.8, 4) is 0 Å². The molecule has 3 amide bonds. The molecule has 1 aliphatic carbocycles. The molecule has 0 saturated heterocycles. The summed E-state index contributed by atoms with van der Waals surface area (Å²) in [7, 11) is 0. The fraction of sp³-hybridized carbons (Fsp3) is 0.214. The Labute approximate surface area is 134 Å². The van der Waals surface area contributed by atoms with E-state index in [1.54, 1.807) is 0 Å². The number of hydrazine groups is 1. The number of nitrogens with one attached hydrogen (secondary N) is 3. The first-order chi connectivity index (χ1) is 10.5. The first-order valence-corrected chi connectivity index (χ1v) is 7.29. The molecule has 3 N–H and O–H groups in total. The summed E-state index contributed by atoms with van der Waals surface area (Å²) < 4.78 is 14.1. The monoisotopic (exact) mass is 369 g/mol. The average Bonchev–Trinajstić information content (AvgIpc) is 3.29. The SMILES string of the molecule is O=C(/C=C/c1cc(Br)ccc1F)NNC(=O)C(=O)NC1CC1. The van der Waals surface area contributed by atoms with Gasteiger partial charge in [0.25, 0.3) is 5.91 Å². The topological polar surface area (TPSA) is 87.3 Å². The van der Waals surface area contributed by atoms with Gasteiger partial charge in [0.1, 0.15) is 5.82 Å². The normalized spacial score (nSPS) is 13.7. The van der Waals surface area contributed by atoms with E-state index in [2.05, 4.69) is 21.2 Å². The van der Waals surface area contributed by atoms with Crippen LogP contribution in [0, 0.1) is 5.82 Å². The number of hydrogen-bond donors (Lipinski definition) is 3. The maximum absolute atomic E-state index is 13.4. The van der Waals surface area contributed by atoms with Gasteiger partial charge in [-0.15, -0.1) is 0 Å². The summed E-state index contributed by atoms with van der Waals surface area (Å²) >= 11 is 3.19. The smallest absolute Gasteiger partial charge is 0.327 e. The minimum absolute atomic E-state index is 0.0494. The van der Waals surface area contributed by atoms with Crippen LogP contribution < -0.4 is 16.2 Å². The molecule has 0 unspecified atom stereocenters. The lowest BCUT2D eigenvalue weighted by atomic mass is 10.2. The van der Waals surface area contributed by atoms with Crippen LogP contribution in [0.15, 0.2) is 28.7 Å². The molecule has 1 saturated carbocycles. The number of carbonyl (C=O) groups is 3. The lowest BCUT2D eigenvalue weighted by Gasteiger charge is -2.05. The molecule has 1 fully saturated rings. The second kappa shape index (κ2) is 7.17. The number of carbonyl (C=O) groups excluding carboxylic acids is 3. The van der Waals surface area contributed by atoms with Crippen LogP contribution in [0.1, 0.15) is 18.4 Å². The van der Waals surface area contributed by atoms with Crippen molar-refractivity contribution in [1.29, 1.82) is 0 Å². The van der Waals surface area contributed by atoms with E-state index in [0.717, 1.165) is 18.9 Å². The lowest BCUT2D eigenvalue weighted by molar-refractivity contribution is -0.140. The minimum atomic E-state index is -0.956. The Morgan fingerprint density at radius 1 is 1.18 bits per heavy atom. The molecule has 116 valence electrons. The van der Waals surface area contributed by atoms with Crippen molar-refractivity contribution < 1.29 is 18.8 Å². The van der Waals surface area contributed by atoms with Gasteiger partial charge in [0, 0.05) is 22.2 Å². The zero-order valence-electron chi connectivity index (χ0n) is 11.4. The van der Waals surface area contributed by atoms with E-state index in [1.165, 1.54) is 24.3 Å². The maximum atomic E-state index is 13.4. The van der Waals surface area contributed by atoms with Gasteiger partial charge in [-0.25, -0.2) is 4.39 Å². The van der Waals surface area contributed by atoms with Crippen LogP contribution in [0.4, 0.5) is 4.39 Å². The number of amides is 3. The van der Waals surface area contributed by atoms with E-state index >= 15 is 0 Å². The van der Waals surface area contributed by atoms with E-state index < -0.39 is 23.5 Å². The standard InChI is InChI=1S/C14H13BrFN3O3/c15-9-2-5-11(16)8(7-9)1-6-12(20)18-19-14(22)13(21)17-10-3-4-10/h1-2,5-7,10H,3-4H2,(H,17,21)(H,18,20)(H,19,22)/b6-1+. The summed E-state index contributed by atoms with van der Waals surface area (Å²) in [5, 5.41) is 2.47. The molecule has 1 aromatic carbocycles. The van der Waals surface area contributed by atoms with E-state index in [4.69, 9.17) is 0 Å². The van der Waals surface area contributed by atoms with E-state index in [-0.39, 0.29) is 11.6 Å². The Morgan fingerprint density at radius 2 is 1.91 bits per heavy atom. The van der Waals surface area contributed by atoms with Crippen molar-refractivity contribution in [3.63, 3.8) is 0 Å². The summed E-state index contributed by atoms with van der Waals surface area (Å²) in [5.41, 5.74) is 4.22. The van der Waals surface area contributed by atoms with Crippen LogP contribution in [-0.4, -0.2) is 23.8 Å². The van der Waals surface area contributed by atoms with Crippen molar-refractivity contribution in [2.45, 2.75) is 18.9 Å². The average molecular weight is 370 g/mol. The zero-order chi connectivity index (χ0) is 16.1. The van der Waals surface area contributed by atoms with Gasteiger partial charge in [-0.1, -0.05) is 15.9 Å². The quantitative estimate of drug-likeness (QED) is 0.422. The molecule has 22 heavy (non-hydrogen) atoms. The Bertz CT molecular complexity index is 644. The Morgan fingerprint density at radius 3 is 2.59 bits per heavy atom. The molecule has 6 nitrogen and oxygen atoms in total. The third-order valence-electron chi connectivity index (χ3n) is 2.79.